The van der Waals surface area contributed by atoms with Crippen LogP contribution in [-0.4, -0.2) is 26.6 Å². The fourth-order valence-electron chi connectivity index (χ4n) is 2.17. The minimum absolute atomic E-state index is 0.0290. The predicted molar refractivity (Wildman–Crippen MR) is 85.1 cm³/mol. The van der Waals surface area contributed by atoms with Crippen LogP contribution in [0.2, 0.25) is 5.02 Å². The van der Waals surface area contributed by atoms with Crippen molar-refractivity contribution < 1.29 is 17.9 Å². The summed E-state index contributed by atoms with van der Waals surface area (Å²) in [5.74, 6) is 0.480. The molecule has 0 atom stereocenters. The van der Waals surface area contributed by atoms with E-state index >= 15 is 0 Å². The zero-order chi connectivity index (χ0) is 16.4. The van der Waals surface area contributed by atoms with Gasteiger partial charge in [-0.05, 0) is 23.8 Å². The van der Waals surface area contributed by atoms with Gasteiger partial charge in [0.05, 0.1) is 10.7 Å². The van der Waals surface area contributed by atoms with E-state index in [4.69, 9.17) is 26.8 Å². The van der Waals surface area contributed by atoms with E-state index in [-0.39, 0.29) is 28.8 Å². The molecule has 122 valence electrons. The molecule has 1 aromatic carbocycles. The second-order valence-corrected chi connectivity index (χ2v) is 6.96. The molecule has 0 spiro atoms. The Morgan fingerprint density at radius 3 is 2.83 bits per heavy atom. The molecule has 1 aliphatic rings. The van der Waals surface area contributed by atoms with Gasteiger partial charge in [0.1, 0.15) is 18.1 Å². The Labute approximate surface area is 138 Å². The average molecular weight is 356 g/mol. The van der Waals surface area contributed by atoms with Crippen LogP contribution in [0.4, 0.5) is 5.69 Å². The molecule has 9 heteroatoms. The van der Waals surface area contributed by atoms with Crippen molar-refractivity contribution in [3.8, 4) is 11.5 Å². The summed E-state index contributed by atoms with van der Waals surface area (Å²) in [7, 11) is -3.90. The number of hydrogen-bond donors (Lipinski definition) is 2. The highest BCUT2D eigenvalue weighted by Gasteiger charge is 2.28. The zero-order valence-electron chi connectivity index (χ0n) is 12.0. The molecule has 0 aliphatic carbocycles. The van der Waals surface area contributed by atoms with Crippen LogP contribution in [0.5, 0.6) is 11.5 Å². The standard InChI is InChI=1S/C14H14ClN3O4S/c15-11-1-2-12-13(22-4-3-21-12)14(11)23(19,20)18-7-9-5-10(16)8-17-6-9/h1-2,5-6,8,18H,3-4,7,16H2. The molecular formula is C14H14ClN3O4S. The second-order valence-electron chi connectivity index (χ2n) is 4.85. The number of nitrogens with one attached hydrogen (secondary N) is 1. The number of anilines is 1. The van der Waals surface area contributed by atoms with E-state index in [1.807, 2.05) is 0 Å². The molecule has 7 nitrogen and oxygen atoms in total. The Bertz CT molecular complexity index is 842. The molecule has 0 bridgehead atoms. The van der Waals surface area contributed by atoms with Crippen molar-refractivity contribution >= 4 is 27.3 Å². The summed E-state index contributed by atoms with van der Waals surface area (Å²) >= 11 is 6.07. The number of nitrogen functional groups attached to an aromatic ring is 1. The number of halogens is 1. The predicted octanol–water partition coefficient (Wildman–Crippen LogP) is 1.57. The highest BCUT2D eigenvalue weighted by molar-refractivity contribution is 7.89. The molecule has 0 fully saturated rings. The number of sulfonamides is 1. The Balaban J connectivity index is 1.91. The van der Waals surface area contributed by atoms with Gasteiger partial charge in [0.2, 0.25) is 10.0 Å². The third-order valence-electron chi connectivity index (χ3n) is 3.17. The van der Waals surface area contributed by atoms with Crippen LogP contribution in [0, 0.1) is 0 Å². The van der Waals surface area contributed by atoms with Crippen LogP contribution >= 0.6 is 11.6 Å². The first-order chi connectivity index (χ1) is 11.0. The maximum atomic E-state index is 12.6. The van der Waals surface area contributed by atoms with Crippen molar-refractivity contribution in [3.63, 3.8) is 0 Å². The molecule has 0 radical (unpaired) electrons. The zero-order valence-corrected chi connectivity index (χ0v) is 13.5. The van der Waals surface area contributed by atoms with Gasteiger partial charge in [0.25, 0.3) is 0 Å². The molecular weight excluding hydrogens is 342 g/mol. The Kier molecular flexibility index (Phi) is 4.29. The van der Waals surface area contributed by atoms with Gasteiger partial charge in [-0.25, -0.2) is 13.1 Å². The van der Waals surface area contributed by atoms with E-state index in [9.17, 15) is 8.42 Å². The average Bonchev–Trinajstić information content (AvgIpc) is 2.53. The van der Waals surface area contributed by atoms with Gasteiger partial charge >= 0.3 is 0 Å². The topological polar surface area (TPSA) is 104 Å². The molecule has 2 aromatic rings. The number of fused-ring (bicyclic) bond motifs is 1. The molecule has 23 heavy (non-hydrogen) atoms. The minimum Gasteiger partial charge on any atom is -0.486 e. The lowest BCUT2D eigenvalue weighted by atomic mass is 10.3. The van der Waals surface area contributed by atoms with Crippen LogP contribution in [0.1, 0.15) is 5.56 Å². The van der Waals surface area contributed by atoms with Gasteiger partial charge in [-0.1, -0.05) is 11.6 Å². The molecule has 0 unspecified atom stereocenters. The highest BCUT2D eigenvalue weighted by Crippen LogP contribution is 2.40. The molecule has 2 heterocycles. The maximum absolute atomic E-state index is 12.6. The van der Waals surface area contributed by atoms with E-state index in [1.54, 1.807) is 12.1 Å². The lowest BCUT2D eigenvalue weighted by Gasteiger charge is -2.21. The number of hydrogen-bond acceptors (Lipinski definition) is 6. The molecule has 1 aliphatic heterocycles. The number of rotatable bonds is 4. The molecule has 0 amide bonds. The number of aromatic nitrogens is 1. The van der Waals surface area contributed by atoms with Crippen molar-refractivity contribution in [1.82, 2.24) is 9.71 Å². The van der Waals surface area contributed by atoms with E-state index in [0.717, 1.165) is 0 Å². The summed E-state index contributed by atoms with van der Waals surface area (Å²) in [6.07, 6.45) is 3.01. The first-order valence-corrected chi connectivity index (χ1v) is 8.60. The first-order valence-electron chi connectivity index (χ1n) is 6.74. The van der Waals surface area contributed by atoms with E-state index in [1.165, 1.54) is 18.5 Å². The van der Waals surface area contributed by atoms with Crippen molar-refractivity contribution in [2.24, 2.45) is 0 Å². The van der Waals surface area contributed by atoms with Crippen LogP contribution in [0.25, 0.3) is 0 Å². The maximum Gasteiger partial charge on any atom is 0.246 e. The van der Waals surface area contributed by atoms with Gasteiger partial charge in [0.15, 0.2) is 11.5 Å². The minimum atomic E-state index is -3.90. The normalized spacial score (nSPS) is 13.8. The largest absolute Gasteiger partial charge is 0.486 e. The summed E-state index contributed by atoms with van der Waals surface area (Å²) in [6.45, 7) is 0.646. The summed E-state index contributed by atoms with van der Waals surface area (Å²) in [5, 5.41) is 0.0625. The Morgan fingerprint density at radius 2 is 2.04 bits per heavy atom. The number of nitrogens with two attached hydrogens (primary N) is 1. The van der Waals surface area contributed by atoms with Crippen LogP contribution in [0.3, 0.4) is 0 Å². The molecule has 3 rings (SSSR count). The quantitative estimate of drug-likeness (QED) is 0.862. The molecule has 0 saturated carbocycles. The number of benzene rings is 1. The van der Waals surface area contributed by atoms with Crippen molar-refractivity contribution in [2.45, 2.75) is 11.4 Å². The van der Waals surface area contributed by atoms with Gasteiger partial charge in [-0.15, -0.1) is 0 Å². The monoisotopic (exact) mass is 355 g/mol. The second kappa shape index (κ2) is 6.23. The van der Waals surface area contributed by atoms with Crippen molar-refractivity contribution in [1.29, 1.82) is 0 Å². The summed E-state index contributed by atoms with van der Waals surface area (Å²) < 4.78 is 38.5. The summed E-state index contributed by atoms with van der Waals surface area (Å²) in [6, 6.07) is 4.68. The van der Waals surface area contributed by atoms with Crippen molar-refractivity contribution in [2.75, 3.05) is 18.9 Å². The van der Waals surface area contributed by atoms with Gasteiger partial charge in [-0.3, -0.25) is 4.98 Å². The lowest BCUT2D eigenvalue weighted by molar-refractivity contribution is 0.167. The Hall–Kier alpha value is -2.03. The Morgan fingerprint density at radius 1 is 1.26 bits per heavy atom. The van der Waals surface area contributed by atoms with Gasteiger partial charge in [0, 0.05) is 18.9 Å². The van der Waals surface area contributed by atoms with Crippen LogP contribution in [-0.2, 0) is 16.6 Å². The van der Waals surface area contributed by atoms with Crippen molar-refractivity contribution in [3.05, 3.63) is 41.2 Å². The van der Waals surface area contributed by atoms with Gasteiger partial charge < -0.3 is 15.2 Å². The highest BCUT2D eigenvalue weighted by atomic mass is 35.5. The summed E-state index contributed by atoms with van der Waals surface area (Å²) in [4.78, 5) is 3.78. The van der Waals surface area contributed by atoms with E-state index in [0.29, 0.717) is 23.6 Å². The number of nitrogens with zero attached hydrogens (tertiary/aromatic N) is 1. The first kappa shape index (κ1) is 15.9. The van der Waals surface area contributed by atoms with Crippen LogP contribution < -0.4 is 19.9 Å². The molecule has 0 saturated heterocycles. The third-order valence-corrected chi connectivity index (χ3v) is 5.06. The van der Waals surface area contributed by atoms with Gasteiger partial charge in [-0.2, -0.15) is 0 Å². The fourth-order valence-corrected chi connectivity index (χ4v) is 3.85. The lowest BCUT2D eigenvalue weighted by Crippen LogP contribution is -2.26. The fraction of sp³-hybridized carbons (Fsp3) is 0.214. The number of ether oxygens (including phenoxy) is 2. The molecule has 1 aromatic heterocycles. The third kappa shape index (κ3) is 3.34. The summed E-state index contributed by atoms with van der Waals surface area (Å²) in [5.41, 5.74) is 6.71. The smallest absolute Gasteiger partial charge is 0.246 e. The number of pyridine rings is 1. The van der Waals surface area contributed by atoms with E-state index in [2.05, 4.69) is 9.71 Å². The van der Waals surface area contributed by atoms with Crippen LogP contribution in [0.15, 0.2) is 35.5 Å². The van der Waals surface area contributed by atoms with E-state index < -0.39 is 10.0 Å². The molecule has 3 N–H and O–H groups in total. The SMILES string of the molecule is Nc1cncc(CNS(=O)(=O)c2c(Cl)ccc3c2OCCO3)c1.